The third kappa shape index (κ3) is 3.36. The fourth-order valence-corrected chi connectivity index (χ4v) is 3.84. The maximum Gasteiger partial charge on any atom is 0.224 e. The average molecular weight is 372 g/mol. The van der Waals surface area contributed by atoms with E-state index in [4.69, 9.17) is 0 Å². The second-order valence-electron chi connectivity index (χ2n) is 7.14. The number of carbonyl (C=O) groups is 1. The fraction of sp³-hybridized carbons (Fsp3) is 0.261. The summed E-state index contributed by atoms with van der Waals surface area (Å²) in [6.07, 6.45) is 0.346. The van der Waals surface area contributed by atoms with Crippen molar-refractivity contribution in [2.45, 2.75) is 33.7 Å². The highest BCUT2D eigenvalue weighted by Gasteiger charge is 2.13. The van der Waals surface area contributed by atoms with Gasteiger partial charge in [0.15, 0.2) is 0 Å². The number of fused-ring (bicyclic) bond motifs is 2. The normalized spacial score (nSPS) is 11.2. The highest BCUT2D eigenvalue weighted by atomic mass is 16.1. The lowest BCUT2D eigenvalue weighted by Crippen LogP contribution is -2.29. The van der Waals surface area contributed by atoms with Crippen LogP contribution >= 0.6 is 0 Å². The van der Waals surface area contributed by atoms with Crippen LogP contribution in [0, 0.1) is 20.8 Å². The Morgan fingerprint density at radius 1 is 0.964 bits per heavy atom. The predicted molar refractivity (Wildman–Crippen MR) is 112 cm³/mol. The number of rotatable bonds is 5. The lowest BCUT2D eigenvalue weighted by molar-refractivity contribution is -0.120. The third-order valence-electron chi connectivity index (χ3n) is 5.33. The van der Waals surface area contributed by atoms with Crippen LogP contribution in [0.1, 0.15) is 22.6 Å². The Morgan fingerprint density at radius 3 is 2.50 bits per heavy atom. The van der Waals surface area contributed by atoms with Crippen molar-refractivity contribution in [3.8, 4) is 0 Å². The molecule has 0 saturated heterocycles. The Bertz CT molecular complexity index is 1180. The van der Waals surface area contributed by atoms with Crippen molar-refractivity contribution in [2.24, 2.45) is 0 Å². The summed E-state index contributed by atoms with van der Waals surface area (Å²) in [6, 6.07) is 16.1. The number of aromatic nitrogens is 3. The molecule has 4 rings (SSSR count). The number of imidazole rings is 1. The molecule has 2 heterocycles. The zero-order chi connectivity index (χ0) is 19.7. The molecular weight excluding hydrogens is 348 g/mol. The number of para-hydroxylation sites is 3. The van der Waals surface area contributed by atoms with E-state index in [1.54, 1.807) is 0 Å². The van der Waals surface area contributed by atoms with Gasteiger partial charge in [0, 0.05) is 24.2 Å². The van der Waals surface area contributed by atoms with E-state index in [0.29, 0.717) is 19.5 Å². The van der Waals surface area contributed by atoms with Crippen LogP contribution in [0.2, 0.25) is 0 Å². The molecule has 1 N–H and O–H groups in total. The summed E-state index contributed by atoms with van der Waals surface area (Å²) in [6.45, 7) is 7.31. The number of nitrogens with zero attached hydrogens (tertiary/aromatic N) is 3. The number of hydrogen-bond acceptors (Lipinski definition) is 3. The van der Waals surface area contributed by atoms with Crippen molar-refractivity contribution >= 4 is 27.8 Å². The molecule has 0 spiro atoms. The largest absolute Gasteiger partial charge is 0.354 e. The van der Waals surface area contributed by atoms with Crippen molar-refractivity contribution in [1.82, 2.24) is 19.9 Å². The molecule has 0 unspecified atom stereocenters. The summed E-state index contributed by atoms with van der Waals surface area (Å²) in [7, 11) is 0. The monoisotopic (exact) mass is 372 g/mol. The minimum atomic E-state index is 0.0188. The van der Waals surface area contributed by atoms with E-state index in [1.807, 2.05) is 50.2 Å². The van der Waals surface area contributed by atoms with Crippen LogP contribution in [-0.4, -0.2) is 27.0 Å². The summed E-state index contributed by atoms with van der Waals surface area (Å²) in [5.74, 6) is 0.978. The zero-order valence-electron chi connectivity index (χ0n) is 16.5. The minimum absolute atomic E-state index is 0.0188. The number of amides is 1. The summed E-state index contributed by atoms with van der Waals surface area (Å²) in [4.78, 5) is 21.8. The first-order valence-corrected chi connectivity index (χ1v) is 9.58. The SMILES string of the molecule is Cc1nc2ccccc2c(C)c1CC(=O)NCCn1c(C)nc2ccccc21. The Hall–Kier alpha value is -3.21. The van der Waals surface area contributed by atoms with E-state index < -0.39 is 0 Å². The molecule has 0 saturated carbocycles. The van der Waals surface area contributed by atoms with Crippen molar-refractivity contribution in [3.05, 3.63) is 71.2 Å². The zero-order valence-corrected chi connectivity index (χ0v) is 16.5. The lowest BCUT2D eigenvalue weighted by Gasteiger charge is -2.13. The number of hydrogen-bond donors (Lipinski definition) is 1. The van der Waals surface area contributed by atoms with Gasteiger partial charge in [-0.2, -0.15) is 0 Å². The molecular formula is C23H24N4O. The van der Waals surface area contributed by atoms with Gasteiger partial charge < -0.3 is 9.88 Å². The summed E-state index contributed by atoms with van der Waals surface area (Å²) in [5.41, 5.74) is 6.13. The van der Waals surface area contributed by atoms with Gasteiger partial charge in [0.25, 0.3) is 0 Å². The van der Waals surface area contributed by atoms with Crippen LogP contribution in [0.4, 0.5) is 0 Å². The second-order valence-corrected chi connectivity index (χ2v) is 7.14. The fourth-order valence-electron chi connectivity index (χ4n) is 3.84. The number of aryl methyl sites for hydroxylation is 3. The highest BCUT2D eigenvalue weighted by molar-refractivity contribution is 5.86. The van der Waals surface area contributed by atoms with Gasteiger partial charge in [-0.3, -0.25) is 9.78 Å². The second kappa shape index (κ2) is 7.43. The van der Waals surface area contributed by atoms with Gasteiger partial charge in [0.1, 0.15) is 5.82 Å². The van der Waals surface area contributed by atoms with Gasteiger partial charge in [-0.25, -0.2) is 4.98 Å². The molecule has 5 nitrogen and oxygen atoms in total. The summed E-state index contributed by atoms with van der Waals surface area (Å²) < 4.78 is 2.14. The molecule has 4 aromatic rings. The van der Waals surface area contributed by atoms with E-state index >= 15 is 0 Å². The summed E-state index contributed by atoms with van der Waals surface area (Å²) >= 11 is 0. The van der Waals surface area contributed by atoms with Gasteiger partial charge in [0.2, 0.25) is 5.91 Å². The molecule has 0 aliphatic rings. The lowest BCUT2D eigenvalue weighted by atomic mass is 9.99. The quantitative estimate of drug-likeness (QED) is 0.578. The van der Waals surface area contributed by atoms with Crippen LogP contribution in [0.15, 0.2) is 48.5 Å². The molecule has 0 aliphatic carbocycles. The Balaban J connectivity index is 1.45. The molecule has 0 aliphatic heterocycles. The molecule has 28 heavy (non-hydrogen) atoms. The molecule has 5 heteroatoms. The molecule has 0 radical (unpaired) electrons. The van der Waals surface area contributed by atoms with Gasteiger partial charge >= 0.3 is 0 Å². The molecule has 142 valence electrons. The molecule has 0 atom stereocenters. The number of benzene rings is 2. The van der Waals surface area contributed by atoms with E-state index in [2.05, 4.69) is 38.9 Å². The molecule has 1 amide bonds. The number of carbonyl (C=O) groups excluding carboxylic acids is 1. The first kappa shape index (κ1) is 18.2. The first-order chi connectivity index (χ1) is 13.5. The first-order valence-electron chi connectivity index (χ1n) is 9.58. The average Bonchev–Trinajstić information content (AvgIpc) is 3.00. The van der Waals surface area contributed by atoms with Crippen LogP contribution in [0.3, 0.4) is 0 Å². The Kier molecular flexibility index (Phi) is 4.82. The van der Waals surface area contributed by atoms with Crippen molar-refractivity contribution in [3.63, 3.8) is 0 Å². The Morgan fingerprint density at radius 2 is 1.68 bits per heavy atom. The maximum absolute atomic E-state index is 12.6. The highest BCUT2D eigenvalue weighted by Crippen LogP contribution is 2.23. The van der Waals surface area contributed by atoms with E-state index in [-0.39, 0.29) is 5.91 Å². The van der Waals surface area contributed by atoms with Gasteiger partial charge in [-0.15, -0.1) is 0 Å². The summed E-state index contributed by atoms with van der Waals surface area (Å²) in [5, 5.41) is 4.16. The number of pyridine rings is 1. The predicted octanol–water partition coefficient (Wildman–Crippen LogP) is 3.87. The van der Waals surface area contributed by atoms with Crippen molar-refractivity contribution < 1.29 is 4.79 Å². The molecule has 2 aromatic heterocycles. The Labute approximate surface area is 164 Å². The van der Waals surface area contributed by atoms with Gasteiger partial charge in [-0.1, -0.05) is 30.3 Å². The van der Waals surface area contributed by atoms with Crippen LogP contribution in [-0.2, 0) is 17.8 Å². The van der Waals surface area contributed by atoms with Crippen molar-refractivity contribution in [2.75, 3.05) is 6.54 Å². The van der Waals surface area contributed by atoms with E-state index in [0.717, 1.165) is 44.6 Å². The molecule has 2 aromatic carbocycles. The maximum atomic E-state index is 12.6. The van der Waals surface area contributed by atoms with Crippen LogP contribution in [0.5, 0.6) is 0 Å². The smallest absolute Gasteiger partial charge is 0.224 e. The van der Waals surface area contributed by atoms with Crippen LogP contribution in [0.25, 0.3) is 21.9 Å². The van der Waals surface area contributed by atoms with Gasteiger partial charge in [0.05, 0.1) is 23.0 Å². The topological polar surface area (TPSA) is 59.8 Å². The standard InChI is InChI=1S/C23H24N4O/c1-15-18-8-4-5-9-20(18)25-16(2)19(15)14-23(28)24-12-13-27-17(3)26-21-10-6-7-11-22(21)27/h4-11H,12-14H2,1-3H3,(H,24,28). The van der Waals surface area contributed by atoms with E-state index in [1.165, 1.54) is 0 Å². The number of nitrogens with one attached hydrogen (secondary N) is 1. The molecule has 0 bridgehead atoms. The van der Waals surface area contributed by atoms with Gasteiger partial charge in [-0.05, 0) is 50.1 Å². The van der Waals surface area contributed by atoms with E-state index in [9.17, 15) is 4.79 Å². The molecule has 0 fully saturated rings. The van der Waals surface area contributed by atoms with Crippen LogP contribution < -0.4 is 5.32 Å². The minimum Gasteiger partial charge on any atom is -0.354 e. The third-order valence-corrected chi connectivity index (χ3v) is 5.33. The van der Waals surface area contributed by atoms with Crippen molar-refractivity contribution in [1.29, 1.82) is 0 Å².